The molecule has 4 aromatic rings. The minimum atomic E-state index is -0.826. The molecule has 0 bridgehead atoms. The molecule has 21 heteroatoms. The number of ether oxygens (including phenoxy) is 3. The summed E-state index contributed by atoms with van der Waals surface area (Å²) in [4.78, 5) is 24.5. The van der Waals surface area contributed by atoms with Crippen LogP contribution < -0.4 is 122 Å². The van der Waals surface area contributed by atoms with Crippen LogP contribution in [0.25, 0.3) is 0 Å². The van der Waals surface area contributed by atoms with Crippen molar-refractivity contribution in [3.63, 3.8) is 0 Å². The van der Waals surface area contributed by atoms with E-state index in [0.29, 0.717) is 0 Å². The Bertz CT molecular complexity index is 1590. The van der Waals surface area contributed by atoms with Crippen LogP contribution >= 0.6 is 22.6 Å². The minimum absolute atomic E-state index is 0. The fourth-order valence-corrected chi connectivity index (χ4v) is 2.79. The van der Waals surface area contributed by atoms with E-state index in [4.69, 9.17) is 37.0 Å². The van der Waals surface area contributed by atoms with E-state index in [1.54, 1.807) is 25.1 Å². The smallest absolute Gasteiger partial charge is 1.00 e. The van der Waals surface area contributed by atoms with Gasteiger partial charge >= 0.3 is 120 Å². The summed E-state index contributed by atoms with van der Waals surface area (Å²) in [6.07, 6.45) is 17.9. The number of carbonyl (C=O) groups excluding carboxylic acids is 1. The molecule has 13 nitrogen and oxygen atoms in total. The summed E-state index contributed by atoms with van der Waals surface area (Å²) >= 11 is 1.98. The molecule has 0 saturated carbocycles. The summed E-state index contributed by atoms with van der Waals surface area (Å²) in [5.41, 5.74) is 0.153. The first kappa shape index (κ1) is 77.1. The number of rotatable bonds is 4. The van der Waals surface area contributed by atoms with E-state index < -0.39 is 29.5 Å². The number of hydrogen-bond acceptors (Lipinski definition) is 13. The molecule has 0 saturated heterocycles. The van der Waals surface area contributed by atoms with E-state index in [1.807, 2.05) is 22.6 Å². The Morgan fingerprint density at radius 3 is 1.45 bits per heavy atom. The molecule has 0 aromatic carbocycles. The van der Waals surface area contributed by atoms with Gasteiger partial charge in [-0.05, 0) is 65.9 Å². The first-order chi connectivity index (χ1) is 23.5. The van der Waals surface area contributed by atoms with Crippen LogP contribution in [-0.4, -0.2) is 52.8 Å². The van der Waals surface area contributed by atoms with Crippen LogP contribution in [0, 0.1) is 75.7 Å². The molecule has 4 heterocycles. The summed E-state index contributed by atoms with van der Waals surface area (Å²) in [6, 6.07) is 10.7. The third-order valence-electron chi connectivity index (χ3n) is 3.93. The number of aromatic nitrogens is 4. The quantitative estimate of drug-likeness (QED) is 0.0343. The van der Waals surface area contributed by atoms with Gasteiger partial charge < -0.3 is 42.7 Å². The zero-order valence-corrected chi connectivity index (χ0v) is 37.7. The molecule has 0 atom stereocenters. The Kier molecular flexibility index (Phi) is 78.4. The number of carbonyl (C=O) groups is 1. The Morgan fingerprint density at radius 1 is 0.818 bits per heavy atom. The summed E-state index contributed by atoms with van der Waals surface area (Å²) in [5.74, 6) is -0.587. The van der Waals surface area contributed by atoms with Crippen LogP contribution in [-0.2, 0) is 26.8 Å². The van der Waals surface area contributed by atoms with Crippen LogP contribution in [0.3, 0.4) is 0 Å². The maximum atomic E-state index is 12.7. The second-order valence-electron chi connectivity index (χ2n) is 6.70. The van der Waals surface area contributed by atoms with Crippen LogP contribution in [0.1, 0.15) is 36.2 Å². The van der Waals surface area contributed by atoms with Gasteiger partial charge in [0, 0.05) is 24.8 Å². The normalized spacial score (nSPS) is 6.91. The van der Waals surface area contributed by atoms with Crippen LogP contribution in [0.4, 0.5) is 17.6 Å². The molecule has 0 aliphatic carbocycles. The summed E-state index contributed by atoms with van der Waals surface area (Å²) in [7, 11) is 4.11. The van der Waals surface area contributed by atoms with Gasteiger partial charge in [-0.2, -0.15) is 22.8 Å². The molecule has 1 N–H and O–H groups in total. The number of nitrogens with zero attached hydrogens (tertiary/aromatic N) is 6. The number of terminal acetylenes is 2. The monoisotopic (exact) mass is 988 g/mol. The van der Waals surface area contributed by atoms with Crippen molar-refractivity contribution in [2.24, 2.45) is 0 Å². The van der Waals surface area contributed by atoms with E-state index in [2.05, 4.69) is 59.5 Å². The number of halogens is 5. The zero-order chi connectivity index (χ0) is 38.6. The summed E-state index contributed by atoms with van der Waals surface area (Å²) in [6.45, 7) is 6.22. The summed E-state index contributed by atoms with van der Waals surface area (Å²) in [5, 5.41) is 31.6. The molecule has 0 fully saturated rings. The van der Waals surface area contributed by atoms with Crippen molar-refractivity contribution in [3.8, 4) is 54.3 Å². The van der Waals surface area contributed by atoms with Gasteiger partial charge in [-0.15, -0.1) is 25.2 Å². The molecule has 55 heavy (non-hydrogen) atoms. The van der Waals surface area contributed by atoms with E-state index in [1.165, 1.54) is 70.4 Å². The number of hydrogen-bond donors (Lipinski definition) is 1. The van der Waals surface area contributed by atoms with Crippen molar-refractivity contribution < 1.29 is 173 Å². The molecule has 0 radical (unpaired) electrons. The first-order valence-corrected chi connectivity index (χ1v) is 13.1. The van der Waals surface area contributed by atoms with Crippen molar-refractivity contribution in [3.05, 3.63) is 101 Å². The second kappa shape index (κ2) is 55.9. The van der Waals surface area contributed by atoms with Gasteiger partial charge in [0.15, 0.2) is 23.0 Å². The van der Waals surface area contributed by atoms with Gasteiger partial charge in [-0.1, -0.05) is 22.3 Å². The average molecular weight is 989 g/mol. The van der Waals surface area contributed by atoms with Crippen molar-refractivity contribution in [2.45, 2.75) is 29.2 Å². The topological polar surface area (TPSA) is 196 Å². The number of aromatic hydroxyl groups is 1. The maximum absolute atomic E-state index is 12.7. The van der Waals surface area contributed by atoms with Gasteiger partial charge in [0.1, 0.15) is 11.6 Å². The Morgan fingerprint density at radius 2 is 1.20 bits per heavy atom. The molecule has 296 valence electrons. The van der Waals surface area contributed by atoms with Crippen molar-refractivity contribution in [2.75, 3.05) is 21.3 Å². The fraction of sp³-hybridized carbons (Fsp3) is 0.206. The molecule has 4 aromatic heterocycles. The van der Waals surface area contributed by atoms with Gasteiger partial charge in [0.2, 0.25) is 0 Å². The molecule has 0 aliphatic heterocycles. The SMILES string of the molecule is C.C.C.C#C.C#CC.COc1c(C#N)ccnc1F.COc1c(I)ccnc1F.COc1cccnc1F.O=CO[O-].Oc1cccnc1F.[C-]#N.[Cu+].[H-].[K+].[K+]. The molecule has 0 spiro atoms. The largest absolute Gasteiger partial charge is 1.00 e. The molecular weight excluding hydrogens is 949 g/mol. The van der Waals surface area contributed by atoms with Crippen molar-refractivity contribution in [1.29, 1.82) is 10.5 Å². The van der Waals surface area contributed by atoms with Gasteiger partial charge in [0.25, 0.3) is 30.3 Å². The van der Waals surface area contributed by atoms with Gasteiger partial charge in [0.05, 0.1) is 24.9 Å². The maximum Gasteiger partial charge on any atom is 1.00 e. The van der Waals surface area contributed by atoms with Crippen molar-refractivity contribution >= 4 is 29.1 Å². The van der Waals surface area contributed by atoms with E-state index in [-0.39, 0.29) is 173 Å². The Labute approximate surface area is 431 Å². The molecule has 4 rings (SSSR count). The summed E-state index contributed by atoms with van der Waals surface area (Å²) < 4.78 is 64.2. The number of nitriles is 1. The van der Waals surface area contributed by atoms with Crippen LogP contribution in [0.15, 0.2) is 61.2 Å². The molecule has 0 unspecified atom stereocenters. The van der Waals surface area contributed by atoms with Gasteiger partial charge in [-0.25, -0.2) is 19.9 Å². The first-order valence-electron chi connectivity index (χ1n) is 12.0. The van der Waals surface area contributed by atoms with Crippen LogP contribution in [0.2, 0.25) is 0 Å². The van der Waals surface area contributed by atoms with Crippen LogP contribution in [0.5, 0.6) is 23.0 Å². The average Bonchev–Trinajstić information content (AvgIpc) is 3.13. The van der Waals surface area contributed by atoms with E-state index in [9.17, 15) is 17.6 Å². The van der Waals surface area contributed by atoms with E-state index >= 15 is 0 Å². The second-order valence-corrected chi connectivity index (χ2v) is 7.86. The third-order valence-corrected chi connectivity index (χ3v) is 4.78. The van der Waals surface area contributed by atoms with Gasteiger partial charge in [-0.3, -0.25) is 4.79 Å². The minimum Gasteiger partial charge on any atom is -1.00 e. The van der Waals surface area contributed by atoms with Crippen molar-refractivity contribution in [1.82, 2.24) is 19.9 Å². The molecule has 0 amide bonds. The number of pyridine rings is 4. The standard InChI is InChI=1S/C7H5FN2O.C6H5FINO.C6H6FNO.C5H4FNO.C3H4.C2H2.CN.CH2O3.3CH4.Cu.2K.H/c1-11-6-5(4-9)2-3-10-7(6)8;1-10-5-4(8)2-3-9-6(5)7;1-9-5-3-2-4-8-6(5)7;6-5-4(8)2-1-3-7-5;1-3-2;2*1-2;2-1-4-3;;;;;;;/h2-3H,1H3;2-3H,1H3;2-4H,1H3;1-3,8H;1H,2H3;1-2H;;1,3H;3*1H4;;;;/q;;;;;;-1;;;;;3*+1;-1/p-1. The number of methoxy groups -OCH3 is 3. The van der Waals surface area contributed by atoms with E-state index in [0.717, 1.165) is 3.57 Å². The predicted molar refractivity (Wildman–Crippen MR) is 193 cm³/mol. The fourth-order valence-electron chi connectivity index (χ4n) is 2.19. The predicted octanol–water partition coefficient (Wildman–Crippen LogP) is 0.537. The Hall–Kier alpha value is -2.43. The Balaban J connectivity index is -0.0000000476. The molecular formula is C34H40CuF4IK2N6O7. The zero-order valence-electron chi connectivity index (χ0n) is 29.4. The third kappa shape index (κ3) is 39.6. The molecule has 0 aliphatic rings.